The maximum Gasteiger partial charge on any atom is 0.416 e. The minimum absolute atomic E-state index is 0.0349. The number of alkyl halides is 3. The van der Waals surface area contributed by atoms with Crippen molar-refractivity contribution in [2.45, 2.75) is 45.2 Å². The lowest BCUT2D eigenvalue weighted by atomic mass is 10.0. The van der Waals surface area contributed by atoms with Gasteiger partial charge >= 0.3 is 23.8 Å². The lowest BCUT2D eigenvalue weighted by Crippen LogP contribution is -2.43. The molecule has 8 nitrogen and oxygen atoms in total. The number of nitrogens with zero attached hydrogens (tertiary/aromatic N) is 2. The number of methoxy groups -OCH3 is 1. The molecular weight excluding hydrogens is 395 g/mol. The van der Waals surface area contributed by atoms with Crippen LogP contribution in [0.5, 0.6) is 0 Å². The second-order valence-electron chi connectivity index (χ2n) is 7.15. The number of amides is 1. The van der Waals surface area contributed by atoms with Gasteiger partial charge < -0.3 is 14.6 Å². The molecule has 0 aliphatic carbocycles. The summed E-state index contributed by atoms with van der Waals surface area (Å²) in [7, 11) is 1.46. The number of rotatable bonds is 6. The molecule has 1 aromatic heterocycles. The van der Waals surface area contributed by atoms with Crippen LogP contribution in [0.15, 0.2) is 28.8 Å². The number of aliphatic hydroxyl groups is 1. The summed E-state index contributed by atoms with van der Waals surface area (Å²) in [6.45, 7) is 5.40. The first kappa shape index (κ1) is 22.6. The molecule has 0 saturated carbocycles. The minimum Gasteiger partial charge on any atom is -0.444 e. The Balaban J connectivity index is 2.34. The van der Waals surface area contributed by atoms with Crippen molar-refractivity contribution in [2.75, 3.05) is 19.0 Å². The Kier molecular flexibility index (Phi) is 6.85. The topological polar surface area (TPSA) is 97.7 Å². The van der Waals surface area contributed by atoms with Gasteiger partial charge in [-0.25, -0.2) is 4.79 Å². The Bertz CT molecular complexity index is 829. The van der Waals surface area contributed by atoms with Gasteiger partial charge in [0.05, 0.1) is 5.56 Å². The highest BCUT2D eigenvalue weighted by Gasteiger charge is 2.35. The van der Waals surface area contributed by atoms with Crippen molar-refractivity contribution in [1.29, 1.82) is 0 Å². The molecule has 0 spiro atoms. The predicted molar refractivity (Wildman–Crippen MR) is 93.9 cm³/mol. The second-order valence-corrected chi connectivity index (χ2v) is 7.15. The first-order chi connectivity index (χ1) is 13.4. The van der Waals surface area contributed by atoms with Gasteiger partial charge in [-0.2, -0.15) is 13.2 Å². The number of carbonyl (C=O) groups excluding carboxylic acids is 1. The van der Waals surface area contributed by atoms with E-state index in [2.05, 4.69) is 10.6 Å². The summed E-state index contributed by atoms with van der Waals surface area (Å²) in [5.41, 5.74) is -1.44. The molecule has 0 fully saturated rings. The standard InChI is InChI=1S/C18H22F3N3O5/c1-17(2,3)28-16(26)22-15-13(24(23-29-15)9-10-27-4)14(25)11-5-7-12(8-6-11)18(19,20)21/h5-8,14,25H,9-10H2,1-4H3/p+1. The predicted octanol–water partition coefficient (Wildman–Crippen LogP) is 3.06. The van der Waals surface area contributed by atoms with Crippen LogP contribution in [-0.4, -0.2) is 35.8 Å². The Morgan fingerprint density at radius 3 is 2.41 bits per heavy atom. The number of nitrogens with one attached hydrogen (secondary N) is 1. The van der Waals surface area contributed by atoms with Crippen LogP contribution in [0.1, 0.15) is 43.7 Å². The summed E-state index contributed by atoms with van der Waals surface area (Å²) in [6, 6.07) is 3.98. The zero-order chi connectivity index (χ0) is 21.8. The lowest BCUT2D eigenvalue weighted by Gasteiger charge is -2.18. The van der Waals surface area contributed by atoms with Crippen molar-refractivity contribution in [3.63, 3.8) is 0 Å². The van der Waals surface area contributed by atoms with Crippen molar-refractivity contribution >= 4 is 12.0 Å². The molecule has 1 heterocycles. The van der Waals surface area contributed by atoms with Gasteiger partial charge in [0.25, 0.3) is 0 Å². The van der Waals surface area contributed by atoms with Crippen molar-refractivity contribution < 1.29 is 41.8 Å². The molecule has 1 aromatic carbocycles. The highest BCUT2D eigenvalue weighted by Crippen LogP contribution is 2.31. The quantitative estimate of drug-likeness (QED) is 0.700. The van der Waals surface area contributed by atoms with Gasteiger partial charge in [-0.1, -0.05) is 12.1 Å². The van der Waals surface area contributed by atoms with Gasteiger partial charge in [0, 0.05) is 7.11 Å². The third-order valence-corrected chi connectivity index (χ3v) is 3.68. The fourth-order valence-electron chi connectivity index (χ4n) is 2.40. The highest BCUT2D eigenvalue weighted by atomic mass is 19.4. The fourth-order valence-corrected chi connectivity index (χ4v) is 2.40. The molecule has 2 aromatic rings. The van der Waals surface area contributed by atoms with Crippen LogP contribution in [0.4, 0.5) is 23.8 Å². The third kappa shape index (κ3) is 6.16. The third-order valence-electron chi connectivity index (χ3n) is 3.68. The number of ether oxygens (including phenoxy) is 2. The van der Waals surface area contributed by atoms with Gasteiger partial charge in [-0.05, 0) is 43.1 Å². The molecular formula is C18H23F3N3O5+. The van der Waals surface area contributed by atoms with E-state index in [-0.39, 0.29) is 30.3 Å². The second kappa shape index (κ2) is 8.78. The Labute approximate surface area is 165 Å². The first-order valence-electron chi connectivity index (χ1n) is 8.66. The van der Waals surface area contributed by atoms with Gasteiger partial charge in [0.2, 0.25) is 11.8 Å². The number of aliphatic hydroxyl groups excluding tert-OH is 1. The van der Waals surface area contributed by atoms with Crippen molar-refractivity contribution in [2.24, 2.45) is 0 Å². The number of anilines is 1. The molecule has 0 aliphatic heterocycles. The zero-order valence-electron chi connectivity index (χ0n) is 16.4. The van der Waals surface area contributed by atoms with Gasteiger partial charge in [-0.3, -0.25) is 9.84 Å². The fraction of sp³-hybridized carbons (Fsp3) is 0.500. The van der Waals surface area contributed by atoms with Crippen LogP contribution in [0.3, 0.4) is 0 Å². The SMILES string of the molecule is COCC[n+]1noc(NC(=O)OC(C)(C)C)c1C(O)c1ccc(C(F)(F)F)cc1. The van der Waals surface area contributed by atoms with Gasteiger partial charge in [0.1, 0.15) is 12.2 Å². The smallest absolute Gasteiger partial charge is 0.416 e. The van der Waals surface area contributed by atoms with E-state index in [1.165, 1.54) is 11.8 Å². The van der Waals surface area contributed by atoms with Crippen LogP contribution in [0.2, 0.25) is 0 Å². The van der Waals surface area contributed by atoms with Crippen LogP contribution >= 0.6 is 0 Å². The van der Waals surface area contributed by atoms with E-state index in [1.807, 2.05) is 0 Å². The zero-order valence-corrected chi connectivity index (χ0v) is 16.4. The van der Waals surface area contributed by atoms with Crippen molar-refractivity contribution in [3.8, 4) is 0 Å². The van der Waals surface area contributed by atoms with E-state index >= 15 is 0 Å². The summed E-state index contributed by atoms with van der Waals surface area (Å²) >= 11 is 0. The number of aromatic nitrogens is 2. The Morgan fingerprint density at radius 1 is 1.28 bits per heavy atom. The van der Waals surface area contributed by atoms with Gasteiger partial charge in [-0.15, -0.1) is 0 Å². The molecule has 11 heteroatoms. The molecule has 1 atom stereocenters. The molecule has 160 valence electrons. The summed E-state index contributed by atoms with van der Waals surface area (Å²) in [5, 5.41) is 16.9. The monoisotopic (exact) mass is 418 g/mol. The summed E-state index contributed by atoms with van der Waals surface area (Å²) < 4.78 is 54.8. The van der Waals surface area contributed by atoms with E-state index in [1.54, 1.807) is 20.8 Å². The van der Waals surface area contributed by atoms with E-state index in [9.17, 15) is 23.1 Å². The average molecular weight is 418 g/mol. The maximum atomic E-state index is 12.8. The van der Waals surface area contributed by atoms with Crippen LogP contribution in [0, 0.1) is 0 Å². The molecule has 2 rings (SSSR count). The molecule has 1 amide bonds. The van der Waals surface area contributed by atoms with E-state index in [0.29, 0.717) is 0 Å². The molecule has 1 unspecified atom stereocenters. The highest BCUT2D eigenvalue weighted by molar-refractivity contribution is 5.83. The first-order valence-corrected chi connectivity index (χ1v) is 8.66. The van der Waals surface area contributed by atoms with Gasteiger partial charge in [0.15, 0.2) is 6.10 Å². The van der Waals surface area contributed by atoms with E-state index in [0.717, 1.165) is 24.3 Å². The largest absolute Gasteiger partial charge is 0.444 e. The van der Waals surface area contributed by atoms with Crippen molar-refractivity contribution in [3.05, 3.63) is 41.1 Å². The lowest BCUT2D eigenvalue weighted by molar-refractivity contribution is -0.771. The summed E-state index contributed by atoms with van der Waals surface area (Å²) in [6.07, 6.45) is -6.76. The van der Waals surface area contributed by atoms with E-state index in [4.69, 9.17) is 14.0 Å². The van der Waals surface area contributed by atoms with Crippen LogP contribution in [0.25, 0.3) is 0 Å². The van der Waals surface area contributed by atoms with Crippen LogP contribution < -0.4 is 10.00 Å². The maximum absolute atomic E-state index is 12.8. The van der Waals surface area contributed by atoms with Crippen molar-refractivity contribution in [1.82, 2.24) is 5.27 Å². The molecule has 0 bridgehead atoms. The van der Waals surface area contributed by atoms with E-state index < -0.39 is 29.5 Å². The number of hydrogen-bond acceptors (Lipinski definition) is 6. The normalized spacial score (nSPS) is 13.2. The average Bonchev–Trinajstić information content (AvgIpc) is 2.99. The molecule has 0 saturated heterocycles. The number of benzene rings is 1. The number of halogens is 3. The molecule has 2 N–H and O–H groups in total. The molecule has 29 heavy (non-hydrogen) atoms. The number of carbonyl (C=O) groups is 1. The Hall–Kier alpha value is -2.66. The molecule has 0 radical (unpaired) electrons. The number of hydrogen-bond donors (Lipinski definition) is 2. The summed E-state index contributed by atoms with van der Waals surface area (Å²) in [4.78, 5) is 12.1. The summed E-state index contributed by atoms with van der Waals surface area (Å²) in [5.74, 6) is -0.192. The van der Waals surface area contributed by atoms with Crippen LogP contribution in [-0.2, 0) is 22.2 Å². The Morgan fingerprint density at radius 2 is 1.90 bits per heavy atom. The molecule has 0 aliphatic rings. The minimum atomic E-state index is -4.50.